The van der Waals surface area contributed by atoms with E-state index in [2.05, 4.69) is 10.3 Å². The number of nitrogens with one attached hydrogen (secondary N) is 1. The molecule has 1 rings (SSSR count). The van der Waals surface area contributed by atoms with Crippen LogP contribution in [0.15, 0.2) is 18.3 Å². The third kappa shape index (κ3) is 5.19. The summed E-state index contributed by atoms with van der Waals surface area (Å²) in [4.78, 5) is 15.1. The maximum atomic E-state index is 11.1. The van der Waals surface area contributed by atoms with Gasteiger partial charge in [-0.3, -0.25) is 4.79 Å². The molecule has 0 amide bonds. The largest absolute Gasteiger partial charge is 0.481 e. The molecule has 0 aliphatic rings. The number of hydrogen-bond donors (Lipinski definition) is 1. The van der Waals surface area contributed by atoms with E-state index >= 15 is 0 Å². The molecule has 1 aromatic heterocycles. The van der Waals surface area contributed by atoms with Gasteiger partial charge in [0.05, 0.1) is 13.7 Å². The highest BCUT2D eigenvalue weighted by atomic mass is 16.5. The molecule has 0 spiro atoms. The van der Waals surface area contributed by atoms with Gasteiger partial charge in [0, 0.05) is 30.9 Å². The summed E-state index contributed by atoms with van der Waals surface area (Å²) in [5.74, 6) is 0.419. The molecule has 0 saturated heterocycles. The molecule has 1 aromatic rings. The predicted molar refractivity (Wildman–Crippen MR) is 65.1 cm³/mol. The van der Waals surface area contributed by atoms with Crippen LogP contribution in [0.2, 0.25) is 0 Å². The van der Waals surface area contributed by atoms with E-state index in [0.717, 1.165) is 12.1 Å². The van der Waals surface area contributed by atoms with Crippen LogP contribution < -0.4 is 10.1 Å². The fourth-order valence-electron chi connectivity index (χ4n) is 1.33. The van der Waals surface area contributed by atoms with Gasteiger partial charge in [0.1, 0.15) is 0 Å². The Labute approximate surface area is 101 Å². The predicted octanol–water partition coefficient (Wildman–Crippen LogP) is 1.85. The van der Waals surface area contributed by atoms with E-state index in [-0.39, 0.29) is 5.97 Å². The van der Waals surface area contributed by atoms with E-state index in [1.807, 2.05) is 12.1 Å². The van der Waals surface area contributed by atoms with Crippen molar-refractivity contribution in [3.8, 4) is 5.88 Å². The minimum Gasteiger partial charge on any atom is -0.481 e. The van der Waals surface area contributed by atoms with Gasteiger partial charge in [-0.05, 0) is 19.4 Å². The van der Waals surface area contributed by atoms with Crippen LogP contribution in [-0.4, -0.2) is 31.2 Å². The molecule has 0 aliphatic heterocycles. The molecule has 0 bridgehead atoms. The third-order valence-corrected chi connectivity index (χ3v) is 2.14. The second-order valence-electron chi connectivity index (χ2n) is 3.42. The molecule has 0 radical (unpaired) electrons. The zero-order valence-corrected chi connectivity index (χ0v) is 10.2. The molecule has 0 unspecified atom stereocenters. The minimum atomic E-state index is -0.151. The van der Waals surface area contributed by atoms with Crippen LogP contribution in [0, 0.1) is 0 Å². The van der Waals surface area contributed by atoms with Crippen LogP contribution in [0.4, 0.5) is 5.69 Å². The van der Waals surface area contributed by atoms with Crippen molar-refractivity contribution in [1.29, 1.82) is 0 Å². The lowest BCUT2D eigenvalue weighted by atomic mass is 10.3. The van der Waals surface area contributed by atoms with Crippen LogP contribution in [0.5, 0.6) is 5.88 Å². The van der Waals surface area contributed by atoms with Gasteiger partial charge in [0.15, 0.2) is 0 Å². The quantitative estimate of drug-likeness (QED) is 0.580. The lowest BCUT2D eigenvalue weighted by Gasteiger charge is -2.07. The Hall–Kier alpha value is -1.78. The van der Waals surface area contributed by atoms with E-state index in [0.29, 0.717) is 25.5 Å². The molecule has 1 heterocycles. The van der Waals surface area contributed by atoms with E-state index in [1.54, 1.807) is 20.2 Å². The smallest absolute Gasteiger partial charge is 0.305 e. The van der Waals surface area contributed by atoms with Crippen LogP contribution in [-0.2, 0) is 9.53 Å². The molecule has 94 valence electrons. The number of hydrogen-bond acceptors (Lipinski definition) is 5. The zero-order valence-electron chi connectivity index (χ0n) is 10.2. The average Bonchev–Trinajstić information content (AvgIpc) is 2.35. The summed E-state index contributed by atoms with van der Waals surface area (Å²) >= 11 is 0. The van der Waals surface area contributed by atoms with Crippen molar-refractivity contribution in [3.05, 3.63) is 18.3 Å². The number of pyridine rings is 1. The second kappa shape index (κ2) is 7.49. The van der Waals surface area contributed by atoms with Gasteiger partial charge in [0.2, 0.25) is 5.88 Å². The summed E-state index contributed by atoms with van der Waals surface area (Å²) in [5, 5.41) is 3.19. The van der Waals surface area contributed by atoms with Gasteiger partial charge in [-0.25, -0.2) is 4.98 Å². The van der Waals surface area contributed by atoms with Crippen molar-refractivity contribution in [2.24, 2.45) is 0 Å². The zero-order chi connectivity index (χ0) is 12.5. The molecule has 5 heteroatoms. The second-order valence-corrected chi connectivity index (χ2v) is 3.42. The lowest BCUT2D eigenvalue weighted by Crippen LogP contribution is -2.08. The molecular formula is C12H18N2O3. The first-order valence-electron chi connectivity index (χ1n) is 5.65. The average molecular weight is 238 g/mol. The number of esters is 1. The Balaban J connectivity index is 2.24. The van der Waals surface area contributed by atoms with Crippen molar-refractivity contribution in [3.63, 3.8) is 0 Å². The summed E-state index contributed by atoms with van der Waals surface area (Å²) in [6.07, 6.45) is 2.85. The van der Waals surface area contributed by atoms with Gasteiger partial charge < -0.3 is 14.8 Å². The van der Waals surface area contributed by atoms with Gasteiger partial charge >= 0.3 is 5.97 Å². The number of carbonyl (C=O) groups is 1. The molecule has 1 N–H and O–H groups in total. The minimum absolute atomic E-state index is 0.151. The van der Waals surface area contributed by atoms with Crippen LogP contribution in [0.1, 0.15) is 19.8 Å². The molecular weight excluding hydrogens is 220 g/mol. The Morgan fingerprint density at radius 2 is 2.35 bits per heavy atom. The standard InChI is InChI=1S/C12H18N2O3/c1-3-17-12(15)5-4-7-13-10-6-8-14-11(9-10)16-2/h6,8-9H,3-5,7H2,1-2H3,(H,13,14). The van der Waals surface area contributed by atoms with Crippen molar-refractivity contribution >= 4 is 11.7 Å². The van der Waals surface area contributed by atoms with Crippen molar-refractivity contribution in [2.45, 2.75) is 19.8 Å². The van der Waals surface area contributed by atoms with E-state index in [1.165, 1.54) is 0 Å². The highest BCUT2D eigenvalue weighted by Gasteiger charge is 2.01. The first-order valence-corrected chi connectivity index (χ1v) is 5.65. The Bertz CT molecular complexity index is 355. The molecule has 0 aromatic carbocycles. The van der Waals surface area contributed by atoms with Gasteiger partial charge in [-0.2, -0.15) is 0 Å². The number of ether oxygens (including phenoxy) is 2. The summed E-state index contributed by atoms with van der Waals surface area (Å²) in [6.45, 7) is 2.96. The highest BCUT2D eigenvalue weighted by Crippen LogP contribution is 2.13. The summed E-state index contributed by atoms with van der Waals surface area (Å²) in [6, 6.07) is 3.66. The first kappa shape index (κ1) is 13.3. The summed E-state index contributed by atoms with van der Waals surface area (Å²) < 4.78 is 9.84. The number of methoxy groups -OCH3 is 1. The highest BCUT2D eigenvalue weighted by molar-refractivity contribution is 5.69. The number of nitrogens with zero attached hydrogens (tertiary/aromatic N) is 1. The van der Waals surface area contributed by atoms with Crippen LogP contribution in [0.3, 0.4) is 0 Å². The SMILES string of the molecule is CCOC(=O)CCCNc1ccnc(OC)c1. The Kier molecular flexibility index (Phi) is 5.85. The monoisotopic (exact) mass is 238 g/mol. The third-order valence-electron chi connectivity index (χ3n) is 2.14. The molecule has 0 fully saturated rings. The molecule has 0 saturated carbocycles. The first-order chi connectivity index (χ1) is 8.26. The molecule has 0 atom stereocenters. The number of rotatable bonds is 7. The van der Waals surface area contributed by atoms with Crippen LogP contribution >= 0.6 is 0 Å². The number of aromatic nitrogens is 1. The van der Waals surface area contributed by atoms with Crippen molar-refractivity contribution in [2.75, 3.05) is 25.6 Å². The van der Waals surface area contributed by atoms with E-state index in [4.69, 9.17) is 9.47 Å². The van der Waals surface area contributed by atoms with Crippen molar-refractivity contribution < 1.29 is 14.3 Å². The maximum Gasteiger partial charge on any atom is 0.305 e. The fraction of sp³-hybridized carbons (Fsp3) is 0.500. The summed E-state index contributed by atoms with van der Waals surface area (Å²) in [7, 11) is 1.58. The number of carbonyl (C=O) groups excluding carboxylic acids is 1. The van der Waals surface area contributed by atoms with E-state index in [9.17, 15) is 4.79 Å². The van der Waals surface area contributed by atoms with Crippen molar-refractivity contribution in [1.82, 2.24) is 4.98 Å². The lowest BCUT2D eigenvalue weighted by molar-refractivity contribution is -0.143. The number of anilines is 1. The van der Waals surface area contributed by atoms with Crippen LogP contribution in [0.25, 0.3) is 0 Å². The molecule has 5 nitrogen and oxygen atoms in total. The topological polar surface area (TPSA) is 60.5 Å². The normalized spacial score (nSPS) is 9.76. The van der Waals surface area contributed by atoms with Gasteiger partial charge in [0.25, 0.3) is 0 Å². The Morgan fingerprint density at radius 1 is 1.53 bits per heavy atom. The molecule has 17 heavy (non-hydrogen) atoms. The maximum absolute atomic E-state index is 11.1. The fourth-order valence-corrected chi connectivity index (χ4v) is 1.33. The van der Waals surface area contributed by atoms with E-state index < -0.39 is 0 Å². The molecule has 0 aliphatic carbocycles. The Morgan fingerprint density at radius 3 is 3.06 bits per heavy atom. The van der Waals surface area contributed by atoms with Gasteiger partial charge in [-0.1, -0.05) is 0 Å². The van der Waals surface area contributed by atoms with Gasteiger partial charge in [-0.15, -0.1) is 0 Å². The summed E-state index contributed by atoms with van der Waals surface area (Å²) in [5.41, 5.74) is 0.931.